The van der Waals surface area contributed by atoms with Crippen LogP contribution in [-0.4, -0.2) is 24.1 Å². The molecule has 0 fully saturated rings. The van der Waals surface area contributed by atoms with Crippen LogP contribution in [-0.2, 0) is 6.54 Å². The molecule has 26 heavy (non-hydrogen) atoms. The SMILES string of the molecule is COc1ccccc1-c1nc(N(C)Cc2ccco2)c2ccccc2n1. The van der Waals surface area contributed by atoms with Crippen LogP contribution in [0.1, 0.15) is 5.76 Å². The highest BCUT2D eigenvalue weighted by atomic mass is 16.5. The van der Waals surface area contributed by atoms with Crippen molar-refractivity contribution in [3.8, 4) is 17.1 Å². The Hall–Kier alpha value is -3.34. The summed E-state index contributed by atoms with van der Waals surface area (Å²) in [6.45, 7) is 0.624. The van der Waals surface area contributed by atoms with Gasteiger partial charge in [0.1, 0.15) is 17.3 Å². The molecule has 0 aliphatic heterocycles. The number of ether oxygens (including phenoxy) is 1. The molecule has 130 valence electrons. The zero-order chi connectivity index (χ0) is 17.9. The Morgan fingerprint density at radius 1 is 0.962 bits per heavy atom. The molecule has 5 heteroatoms. The van der Waals surface area contributed by atoms with Crippen molar-refractivity contribution in [1.29, 1.82) is 0 Å². The maximum Gasteiger partial charge on any atom is 0.165 e. The first-order valence-electron chi connectivity index (χ1n) is 8.40. The summed E-state index contributed by atoms with van der Waals surface area (Å²) in [5.41, 5.74) is 1.76. The van der Waals surface area contributed by atoms with Crippen LogP contribution in [0.25, 0.3) is 22.3 Å². The number of anilines is 1. The molecule has 4 aromatic rings. The van der Waals surface area contributed by atoms with Crippen molar-refractivity contribution in [3.63, 3.8) is 0 Å². The van der Waals surface area contributed by atoms with Crippen molar-refractivity contribution in [1.82, 2.24) is 9.97 Å². The Labute approximate surface area is 151 Å². The Morgan fingerprint density at radius 3 is 2.58 bits per heavy atom. The van der Waals surface area contributed by atoms with Gasteiger partial charge in [-0.1, -0.05) is 24.3 Å². The molecule has 4 rings (SSSR count). The minimum absolute atomic E-state index is 0.624. The molecule has 0 amide bonds. The van der Waals surface area contributed by atoms with E-state index < -0.39 is 0 Å². The van der Waals surface area contributed by atoms with Gasteiger partial charge in [0.05, 0.1) is 31.0 Å². The third-order valence-electron chi connectivity index (χ3n) is 4.27. The molecule has 0 N–H and O–H groups in total. The summed E-state index contributed by atoms with van der Waals surface area (Å²) >= 11 is 0. The lowest BCUT2D eigenvalue weighted by Gasteiger charge is -2.20. The lowest BCUT2D eigenvalue weighted by molar-refractivity contribution is 0.416. The molecule has 0 aliphatic rings. The van der Waals surface area contributed by atoms with Crippen molar-refractivity contribution in [2.45, 2.75) is 6.54 Å². The zero-order valence-electron chi connectivity index (χ0n) is 14.7. The highest BCUT2D eigenvalue weighted by molar-refractivity contribution is 5.91. The van der Waals surface area contributed by atoms with E-state index >= 15 is 0 Å². The normalized spacial score (nSPS) is 10.8. The lowest BCUT2D eigenvalue weighted by atomic mass is 10.1. The Bertz CT molecular complexity index is 1030. The van der Waals surface area contributed by atoms with E-state index in [4.69, 9.17) is 19.1 Å². The number of rotatable bonds is 5. The van der Waals surface area contributed by atoms with Gasteiger partial charge in [-0.05, 0) is 36.4 Å². The molecule has 0 saturated heterocycles. The highest BCUT2D eigenvalue weighted by Gasteiger charge is 2.15. The quantitative estimate of drug-likeness (QED) is 0.532. The fourth-order valence-electron chi connectivity index (χ4n) is 3.01. The number of hydrogen-bond donors (Lipinski definition) is 0. The van der Waals surface area contributed by atoms with Crippen LogP contribution in [0.3, 0.4) is 0 Å². The van der Waals surface area contributed by atoms with E-state index in [1.807, 2.05) is 67.7 Å². The summed E-state index contributed by atoms with van der Waals surface area (Å²) in [4.78, 5) is 11.7. The Morgan fingerprint density at radius 2 is 1.77 bits per heavy atom. The maximum atomic E-state index is 5.49. The summed E-state index contributed by atoms with van der Waals surface area (Å²) in [6, 6.07) is 19.7. The number of fused-ring (bicyclic) bond motifs is 1. The minimum Gasteiger partial charge on any atom is -0.496 e. The number of hydrogen-bond acceptors (Lipinski definition) is 5. The largest absolute Gasteiger partial charge is 0.496 e. The van der Waals surface area contributed by atoms with Gasteiger partial charge >= 0.3 is 0 Å². The van der Waals surface area contributed by atoms with Crippen LogP contribution in [0.15, 0.2) is 71.3 Å². The number of methoxy groups -OCH3 is 1. The van der Waals surface area contributed by atoms with E-state index in [-0.39, 0.29) is 0 Å². The second-order valence-corrected chi connectivity index (χ2v) is 6.02. The van der Waals surface area contributed by atoms with Crippen LogP contribution in [0.2, 0.25) is 0 Å². The average Bonchev–Trinajstić information content (AvgIpc) is 3.20. The second kappa shape index (κ2) is 6.88. The van der Waals surface area contributed by atoms with Crippen molar-refractivity contribution in [3.05, 3.63) is 72.7 Å². The van der Waals surface area contributed by atoms with E-state index in [0.29, 0.717) is 12.4 Å². The van der Waals surface area contributed by atoms with Gasteiger partial charge in [0.15, 0.2) is 5.82 Å². The Balaban J connectivity index is 1.86. The number of aromatic nitrogens is 2. The first-order chi connectivity index (χ1) is 12.8. The predicted molar refractivity (Wildman–Crippen MR) is 102 cm³/mol. The van der Waals surface area contributed by atoms with E-state index in [9.17, 15) is 0 Å². The Kier molecular flexibility index (Phi) is 4.27. The average molecular weight is 345 g/mol. The van der Waals surface area contributed by atoms with Gasteiger partial charge < -0.3 is 14.1 Å². The molecule has 0 bridgehead atoms. The first-order valence-corrected chi connectivity index (χ1v) is 8.40. The molecule has 0 radical (unpaired) electrons. The molecule has 0 saturated carbocycles. The van der Waals surface area contributed by atoms with Crippen LogP contribution >= 0.6 is 0 Å². The second-order valence-electron chi connectivity index (χ2n) is 6.02. The van der Waals surface area contributed by atoms with Crippen LogP contribution in [0.4, 0.5) is 5.82 Å². The molecular formula is C21H19N3O2. The predicted octanol–water partition coefficient (Wildman–Crippen LogP) is 4.53. The van der Waals surface area contributed by atoms with Gasteiger partial charge in [0.25, 0.3) is 0 Å². The number of para-hydroxylation sites is 2. The molecular weight excluding hydrogens is 326 g/mol. The minimum atomic E-state index is 0.624. The summed E-state index contributed by atoms with van der Waals surface area (Å²) in [5.74, 6) is 3.13. The number of nitrogens with zero attached hydrogens (tertiary/aromatic N) is 3. The van der Waals surface area contributed by atoms with Gasteiger partial charge in [-0.15, -0.1) is 0 Å². The van der Waals surface area contributed by atoms with E-state index in [2.05, 4.69) is 4.90 Å². The standard InChI is InChI=1S/C21H19N3O2/c1-24(14-15-8-7-13-26-15)21-16-9-3-5-11-18(16)22-20(23-21)17-10-4-6-12-19(17)25-2/h3-13H,14H2,1-2H3. The summed E-state index contributed by atoms with van der Waals surface area (Å²) in [7, 11) is 3.66. The smallest absolute Gasteiger partial charge is 0.165 e. The van der Waals surface area contributed by atoms with Crippen LogP contribution in [0.5, 0.6) is 5.75 Å². The number of furan rings is 1. The van der Waals surface area contributed by atoms with Gasteiger partial charge in [-0.2, -0.15) is 0 Å². The maximum absolute atomic E-state index is 5.49. The molecule has 2 heterocycles. The fourth-order valence-corrected chi connectivity index (χ4v) is 3.01. The molecule has 0 aliphatic carbocycles. The monoisotopic (exact) mass is 345 g/mol. The van der Waals surface area contributed by atoms with E-state index in [0.717, 1.165) is 33.8 Å². The van der Waals surface area contributed by atoms with E-state index in [1.54, 1.807) is 13.4 Å². The van der Waals surface area contributed by atoms with Crippen molar-refractivity contribution in [2.75, 3.05) is 19.1 Å². The van der Waals surface area contributed by atoms with Crippen molar-refractivity contribution < 1.29 is 9.15 Å². The fraction of sp³-hybridized carbons (Fsp3) is 0.143. The van der Waals surface area contributed by atoms with Crippen molar-refractivity contribution in [2.24, 2.45) is 0 Å². The van der Waals surface area contributed by atoms with Crippen molar-refractivity contribution >= 4 is 16.7 Å². The van der Waals surface area contributed by atoms with Crippen LogP contribution in [0, 0.1) is 0 Å². The molecule has 5 nitrogen and oxygen atoms in total. The topological polar surface area (TPSA) is 51.4 Å². The van der Waals surface area contributed by atoms with Crippen LogP contribution < -0.4 is 9.64 Å². The highest BCUT2D eigenvalue weighted by Crippen LogP contribution is 2.32. The molecule has 0 unspecified atom stereocenters. The molecule has 2 aromatic carbocycles. The molecule has 0 spiro atoms. The van der Waals surface area contributed by atoms with Gasteiger partial charge in [0, 0.05) is 12.4 Å². The summed E-state index contributed by atoms with van der Waals surface area (Å²) < 4.78 is 11.0. The third kappa shape index (κ3) is 2.99. The summed E-state index contributed by atoms with van der Waals surface area (Å²) in [6.07, 6.45) is 1.68. The molecule has 0 atom stereocenters. The summed E-state index contributed by atoms with van der Waals surface area (Å²) in [5, 5.41) is 1.00. The van der Waals surface area contributed by atoms with Gasteiger partial charge in [0.2, 0.25) is 0 Å². The lowest BCUT2D eigenvalue weighted by Crippen LogP contribution is -2.18. The third-order valence-corrected chi connectivity index (χ3v) is 4.27. The first kappa shape index (κ1) is 16.1. The zero-order valence-corrected chi connectivity index (χ0v) is 14.7. The van der Waals surface area contributed by atoms with E-state index in [1.165, 1.54) is 0 Å². The number of benzene rings is 2. The van der Waals surface area contributed by atoms with Gasteiger partial charge in [-0.25, -0.2) is 9.97 Å². The van der Waals surface area contributed by atoms with Gasteiger partial charge in [-0.3, -0.25) is 0 Å². The molecule has 2 aromatic heterocycles.